The van der Waals surface area contributed by atoms with Gasteiger partial charge in [-0.2, -0.15) is 4.98 Å². The Balaban J connectivity index is 1.32. The zero-order chi connectivity index (χ0) is 17.9. The minimum absolute atomic E-state index is 0.0202. The minimum Gasteiger partial charge on any atom is -0.396 e. The highest BCUT2D eigenvalue weighted by Crippen LogP contribution is 2.35. The Morgan fingerprint density at radius 2 is 2.00 bits per heavy atom. The Labute approximate surface area is 149 Å². The van der Waals surface area contributed by atoms with E-state index >= 15 is 0 Å². The van der Waals surface area contributed by atoms with Crippen molar-refractivity contribution >= 4 is 5.91 Å². The molecule has 0 atom stereocenters. The molecular formula is C18H18N4O4. The van der Waals surface area contributed by atoms with Gasteiger partial charge in [0.05, 0.1) is 13.0 Å². The second-order valence-electron chi connectivity index (χ2n) is 6.30. The first-order valence-corrected chi connectivity index (χ1v) is 8.49. The van der Waals surface area contributed by atoms with Gasteiger partial charge < -0.3 is 19.5 Å². The summed E-state index contributed by atoms with van der Waals surface area (Å²) >= 11 is 0. The van der Waals surface area contributed by atoms with Crippen molar-refractivity contribution in [1.29, 1.82) is 0 Å². The summed E-state index contributed by atoms with van der Waals surface area (Å²) in [6.45, 7) is -0.0202. The smallest absolute Gasteiger partial charge is 0.273 e. The number of hydrogen-bond acceptors (Lipinski definition) is 7. The van der Waals surface area contributed by atoms with Crippen molar-refractivity contribution in [3.8, 4) is 11.3 Å². The van der Waals surface area contributed by atoms with Gasteiger partial charge in [0.25, 0.3) is 5.91 Å². The van der Waals surface area contributed by atoms with Crippen molar-refractivity contribution in [2.45, 2.75) is 31.2 Å². The van der Waals surface area contributed by atoms with Crippen molar-refractivity contribution in [1.82, 2.24) is 20.6 Å². The van der Waals surface area contributed by atoms with Gasteiger partial charge in [0, 0.05) is 23.6 Å². The molecule has 1 aliphatic carbocycles. The van der Waals surface area contributed by atoms with Gasteiger partial charge in [-0.1, -0.05) is 40.6 Å². The summed E-state index contributed by atoms with van der Waals surface area (Å²) in [5, 5.41) is 19.6. The van der Waals surface area contributed by atoms with Crippen LogP contribution in [-0.4, -0.2) is 39.0 Å². The summed E-state index contributed by atoms with van der Waals surface area (Å²) in [6, 6.07) is 11.2. The Hall–Kier alpha value is -3.00. The molecule has 2 N–H and O–H groups in total. The lowest BCUT2D eigenvalue weighted by Crippen LogP contribution is -2.43. The summed E-state index contributed by atoms with van der Waals surface area (Å²) in [5.41, 5.74) is 1.13. The highest BCUT2D eigenvalue weighted by atomic mass is 16.5. The first-order valence-electron chi connectivity index (χ1n) is 8.49. The highest BCUT2D eigenvalue weighted by molar-refractivity contribution is 5.93. The molecule has 4 rings (SSSR count). The maximum Gasteiger partial charge on any atom is 0.273 e. The third kappa shape index (κ3) is 3.36. The average Bonchev–Trinajstić information content (AvgIpc) is 3.28. The van der Waals surface area contributed by atoms with Crippen LogP contribution in [0.1, 0.15) is 41.0 Å². The molecule has 8 nitrogen and oxygen atoms in total. The Morgan fingerprint density at radius 3 is 2.77 bits per heavy atom. The van der Waals surface area contributed by atoms with Crippen molar-refractivity contribution in [2.75, 3.05) is 6.61 Å². The van der Waals surface area contributed by atoms with E-state index in [2.05, 4.69) is 20.6 Å². The van der Waals surface area contributed by atoms with Gasteiger partial charge in [0.2, 0.25) is 5.89 Å². The molecule has 8 heteroatoms. The molecule has 134 valence electrons. The second kappa shape index (κ2) is 7.09. The van der Waals surface area contributed by atoms with Crippen LogP contribution in [0.4, 0.5) is 0 Å². The van der Waals surface area contributed by atoms with Crippen LogP contribution in [0.25, 0.3) is 11.3 Å². The molecule has 1 saturated carbocycles. The number of amides is 1. The quantitative estimate of drug-likeness (QED) is 0.695. The fourth-order valence-corrected chi connectivity index (χ4v) is 2.96. The van der Waals surface area contributed by atoms with Gasteiger partial charge in [0.15, 0.2) is 17.3 Å². The van der Waals surface area contributed by atoms with E-state index in [9.17, 15) is 4.79 Å². The largest absolute Gasteiger partial charge is 0.396 e. The van der Waals surface area contributed by atoms with Gasteiger partial charge in [-0.05, 0) is 12.8 Å². The number of aliphatic hydroxyl groups excluding tert-OH is 1. The van der Waals surface area contributed by atoms with E-state index < -0.39 is 0 Å². The third-order valence-corrected chi connectivity index (χ3v) is 4.45. The standard InChI is InChI=1S/C18H18N4O4/c23-7-6-16-20-17(22-26-16)12-8-13(9-12)19-18(24)14-10-15(25-21-14)11-4-2-1-3-5-11/h1-5,10,12-13,23H,6-9H2,(H,19,24)/t12-,13-. The fourth-order valence-electron chi connectivity index (χ4n) is 2.96. The van der Waals surface area contributed by atoms with Crippen molar-refractivity contribution < 1.29 is 18.9 Å². The molecule has 2 aromatic heterocycles. The van der Waals surface area contributed by atoms with Gasteiger partial charge in [0.1, 0.15) is 0 Å². The molecule has 0 bridgehead atoms. The van der Waals surface area contributed by atoms with Gasteiger partial charge in [-0.25, -0.2) is 0 Å². The molecule has 0 spiro atoms. The van der Waals surface area contributed by atoms with E-state index in [1.54, 1.807) is 6.07 Å². The summed E-state index contributed by atoms with van der Waals surface area (Å²) in [4.78, 5) is 16.6. The predicted molar refractivity (Wildman–Crippen MR) is 90.3 cm³/mol. The number of nitrogens with zero attached hydrogens (tertiary/aromatic N) is 3. The molecule has 1 fully saturated rings. The normalized spacial score (nSPS) is 19.1. The maximum absolute atomic E-state index is 12.3. The number of nitrogens with one attached hydrogen (secondary N) is 1. The van der Waals surface area contributed by atoms with Crippen LogP contribution >= 0.6 is 0 Å². The number of carbonyl (C=O) groups is 1. The summed E-state index contributed by atoms with van der Waals surface area (Å²) in [6.07, 6.45) is 1.84. The van der Waals surface area contributed by atoms with Crippen molar-refractivity contribution in [2.24, 2.45) is 0 Å². The minimum atomic E-state index is -0.256. The SMILES string of the molecule is O=C(N[C@H]1C[C@H](c2noc(CCO)n2)C1)c1cc(-c2ccccc2)on1. The zero-order valence-electron chi connectivity index (χ0n) is 14.0. The Morgan fingerprint density at radius 1 is 1.19 bits per heavy atom. The Kier molecular flexibility index (Phi) is 4.49. The first-order chi connectivity index (χ1) is 12.7. The van der Waals surface area contributed by atoms with Crippen LogP contribution in [0.2, 0.25) is 0 Å². The van der Waals surface area contributed by atoms with Crippen LogP contribution in [0.15, 0.2) is 45.4 Å². The lowest BCUT2D eigenvalue weighted by atomic mass is 9.79. The highest BCUT2D eigenvalue weighted by Gasteiger charge is 2.35. The number of hydrogen-bond donors (Lipinski definition) is 2. The predicted octanol–water partition coefficient (Wildman–Crippen LogP) is 1.94. The van der Waals surface area contributed by atoms with Crippen LogP contribution in [-0.2, 0) is 6.42 Å². The zero-order valence-corrected chi connectivity index (χ0v) is 14.0. The first kappa shape index (κ1) is 16.5. The lowest BCUT2D eigenvalue weighted by molar-refractivity contribution is 0.0898. The summed E-state index contributed by atoms with van der Waals surface area (Å²) in [5.74, 6) is 1.53. The fraction of sp³-hybridized carbons (Fsp3) is 0.333. The van der Waals surface area contributed by atoms with Crippen molar-refractivity contribution in [3.05, 3.63) is 53.8 Å². The van der Waals surface area contributed by atoms with E-state index in [4.69, 9.17) is 14.2 Å². The van der Waals surface area contributed by atoms with Gasteiger partial charge >= 0.3 is 0 Å². The van der Waals surface area contributed by atoms with E-state index in [1.807, 2.05) is 30.3 Å². The molecule has 2 heterocycles. The number of aromatic nitrogens is 3. The molecule has 1 amide bonds. The molecule has 26 heavy (non-hydrogen) atoms. The Bertz CT molecular complexity index is 884. The topological polar surface area (TPSA) is 114 Å². The molecule has 0 radical (unpaired) electrons. The van der Waals surface area contributed by atoms with Crippen LogP contribution in [0.3, 0.4) is 0 Å². The monoisotopic (exact) mass is 354 g/mol. The molecule has 0 aliphatic heterocycles. The van der Waals surface area contributed by atoms with E-state index in [0.717, 1.165) is 18.4 Å². The van der Waals surface area contributed by atoms with Gasteiger partial charge in [-0.3, -0.25) is 4.79 Å². The average molecular weight is 354 g/mol. The maximum atomic E-state index is 12.3. The molecule has 1 aliphatic rings. The van der Waals surface area contributed by atoms with E-state index in [0.29, 0.717) is 23.9 Å². The van der Waals surface area contributed by atoms with Gasteiger partial charge in [-0.15, -0.1) is 0 Å². The van der Waals surface area contributed by atoms with Crippen LogP contribution in [0.5, 0.6) is 0 Å². The number of carbonyl (C=O) groups excluding carboxylic acids is 1. The number of rotatable bonds is 6. The van der Waals surface area contributed by atoms with Crippen LogP contribution < -0.4 is 5.32 Å². The number of benzene rings is 1. The molecule has 1 aromatic carbocycles. The van der Waals surface area contributed by atoms with E-state index in [-0.39, 0.29) is 30.2 Å². The lowest BCUT2D eigenvalue weighted by Gasteiger charge is -2.33. The van der Waals surface area contributed by atoms with Crippen molar-refractivity contribution in [3.63, 3.8) is 0 Å². The van der Waals surface area contributed by atoms with E-state index in [1.165, 1.54) is 0 Å². The molecule has 0 saturated heterocycles. The third-order valence-electron chi connectivity index (χ3n) is 4.45. The molecule has 0 unspecified atom stereocenters. The number of aliphatic hydroxyl groups is 1. The molecule has 3 aromatic rings. The van der Waals surface area contributed by atoms with Crippen LogP contribution in [0, 0.1) is 0 Å². The summed E-state index contributed by atoms with van der Waals surface area (Å²) in [7, 11) is 0. The second-order valence-corrected chi connectivity index (χ2v) is 6.30. The summed E-state index contributed by atoms with van der Waals surface area (Å²) < 4.78 is 10.3. The molecular weight excluding hydrogens is 336 g/mol.